The first-order valence-corrected chi connectivity index (χ1v) is 6.89. The van der Waals surface area contributed by atoms with E-state index in [1.165, 1.54) is 5.56 Å². The van der Waals surface area contributed by atoms with Crippen LogP contribution in [0.5, 0.6) is 0 Å². The van der Waals surface area contributed by atoms with Gasteiger partial charge < -0.3 is 9.67 Å². The van der Waals surface area contributed by atoms with Gasteiger partial charge in [0.2, 0.25) is 0 Å². The average Bonchev–Trinajstić information content (AvgIpc) is 2.80. The molecule has 1 aromatic carbocycles. The average molecular weight is 272 g/mol. The molecule has 2 rings (SSSR count). The molecule has 4 nitrogen and oxygen atoms in total. The molecule has 0 spiro atoms. The van der Waals surface area contributed by atoms with Crippen molar-refractivity contribution in [3.63, 3.8) is 0 Å². The predicted octanol–water partition coefficient (Wildman–Crippen LogP) is 3.32. The summed E-state index contributed by atoms with van der Waals surface area (Å²) in [6.07, 6.45) is 1.66. The summed E-state index contributed by atoms with van der Waals surface area (Å²) in [5.74, 6) is 0.498. The molecule has 106 valence electrons. The number of nitrogens with zero attached hydrogens (tertiary/aromatic N) is 2. The van der Waals surface area contributed by atoms with Gasteiger partial charge in [-0.2, -0.15) is 0 Å². The highest BCUT2D eigenvalue weighted by atomic mass is 16.4. The number of hydrogen-bond acceptors (Lipinski definition) is 2. The quantitative estimate of drug-likeness (QED) is 0.908. The van der Waals surface area contributed by atoms with Crippen LogP contribution in [0.3, 0.4) is 0 Å². The first-order valence-electron chi connectivity index (χ1n) is 6.89. The van der Waals surface area contributed by atoms with Crippen LogP contribution in [0.2, 0.25) is 0 Å². The smallest absolute Gasteiger partial charge is 0.309 e. The zero-order chi connectivity index (χ0) is 14.7. The maximum absolute atomic E-state index is 10.9. The highest BCUT2D eigenvalue weighted by Gasteiger charge is 2.13. The molecule has 1 aromatic heterocycles. The van der Waals surface area contributed by atoms with Gasteiger partial charge in [0.15, 0.2) is 0 Å². The predicted molar refractivity (Wildman–Crippen MR) is 78.8 cm³/mol. The van der Waals surface area contributed by atoms with Crippen LogP contribution < -0.4 is 0 Å². The van der Waals surface area contributed by atoms with Crippen LogP contribution in [0.25, 0.3) is 11.4 Å². The zero-order valence-electron chi connectivity index (χ0n) is 12.1. The summed E-state index contributed by atoms with van der Waals surface area (Å²) in [5, 5.41) is 8.92. The van der Waals surface area contributed by atoms with Gasteiger partial charge in [-0.25, -0.2) is 4.98 Å². The van der Waals surface area contributed by atoms with E-state index in [0.717, 1.165) is 17.1 Å². The van der Waals surface area contributed by atoms with Gasteiger partial charge in [0.25, 0.3) is 0 Å². The van der Waals surface area contributed by atoms with Crippen molar-refractivity contribution >= 4 is 5.97 Å². The summed E-state index contributed by atoms with van der Waals surface area (Å²) < 4.78 is 1.96. The minimum Gasteiger partial charge on any atom is -0.481 e. The Hall–Kier alpha value is -2.10. The first kappa shape index (κ1) is 14.3. The Balaban J connectivity index is 2.37. The van der Waals surface area contributed by atoms with E-state index >= 15 is 0 Å². The molecule has 20 heavy (non-hydrogen) atoms. The van der Waals surface area contributed by atoms with Crippen molar-refractivity contribution in [2.45, 2.75) is 39.7 Å². The highest BCUT2D eigenvalue weighted by molar-refractivity contribution is 5.70. The van der Waals surface area contributed by atoms with Gasteiger partial charge in [-0.05, 0) is 18.4 Å². The second kappa shape index (κ2) is 5.90. The first-order chi connectivity index (χ1) is 9.52. The Labute approximate surface area is 119 Å². The highest BCUT2D eigenvalue weighted by Crippen LogP contribution is 2.23. The summed E-state index contributed by atoms with van der Waals surface area (Å²) in [6, 6.07) is 8.31. The molecule has 0 amide bonds. The lowest BCUT2D eigenvalue weighted by Gasteiger charge is -2.10. The fraction of sp³-hybridized carbons (Fsp3) is 0.375. The van der Waals surface area contributed by atoms with Crippen LogP contribution >= 0.6 is 0 Å². The van der Waals surface area contributed by atoms with Gasteiger partial charge >= 0.3 is 5.97 Å². The van der Waals surface area contributed by atoms with Crippen LogP contribution in [0.4, 0.5) is 0 Å². The third kappa shape index (κ3) is 2.90. The number of aliphatic carboxylic acids is 1. The van der Waals surface area contributed by atoms with E-state index in [1.54, 1.807) is 6.20 Å². The third-order valence-electron chi connectivity index (χ3n) is 3.42. The summed E-state index contributed by atoms with van der Waals surface area (Å²) >= 11 is 0. The Morgan fingerprint density at radius 3 is 2.45 bits per heavy atom. The van der Waals surface area contributed by atoms with Crippen LogP contribution in [-0.2, 0) is 17.8 Å². The number of carbonyl (C=O) groups is 1. The van der Waals surface area contributed by atoms with Crippen LogP contribution in [-0.4, -0.2) is 20.6 Å². The second-order valence-corrected chi connectivity index (χ2v) is 5.16. The number of benzene rings is 1. The van der Waals surface area contributed by atoms with Gasteiger partial charge in [-0.1, -0.05) is 38.1 Å². The van der Waals surface area contributed by atoms with Crippen LogP contribution in [0.1, 0.15) is 37.9 Å². The largest absolute Gasteiger partial charge is 0.481 e. The standard InChI is InChI=1S/C16H20N2O2/c1-4-18-14(9-15(19)20)10-17-16(18)13-7-5-12(6-8-13)11(2)3/h5-8,10-11H,4,9H2,1-3H3,(H,19,20). The van der Waals surface area contributed by atoms with Crippen LogP contribution in [0.15, 0.2) is 30.5 Å². The van der Waals surface area contributed by atoms with Gasteiger partial charge in [0, 0.05) is 24.0 Å². The Morgan fingerprint density at radius 1 is 1.30 bits per heavy atom. The Kier molecular flexibility index (Phi) is 4.23. The molecule has 0 unspecified atom stereocenters. The number of aromatic nitrogens is 2. The van der Waals surface area contributed by atoms with Crippen molar-refractivity contribution < 1.29 is 9.90 Å². The Morgan fingerprint density at radius 2 is 1.95 bits per heavy atom. The maximum atomic E-state index is 10.9. The van der Waals surface area contributed by atoms with Crippen molar-refractivity contribution in [1.29, 1.82) is 0 Å². The van der Waals surface area contributed by atoms with Gasteiger partial charge in [0.1, 0.15) is 5.82 Å². The fourth-order valence-electron chi connectivity index (χ4n) is 2.31. The van der Waals surface area contributed by atoms with Crippen LogP contribution in [0, 0.1) is 0 Å². The lowest BCUT2D eigenvalue weighted by Crippen LogP contribution is -2.08. The van der Waals surface area contributed by atoms with Gasteiger partial charge in [0.05, 0.1) is 6.42 Å². The minimum absolute atomic E-state index is 0.00488. The van der Waals surface area contributed by atoms with E-state index in [2.05, 4.69) is 31.0 Å². The van der Waals surface area contributed by atoms with Crippen molar-refractivity contribution in [2.75, 3.05) is 0 Å². The van der Waals surface area contributed by atoms with Crippen molar-refractivity contribution in [3.8, 4) is 11.4 Å². The van der Waals surface area contributed by atoms with E-state index < -0.39 is 5.97 Å². The van der Waals surface area contributed by atoms with E-state index in [9.17, 15) is 4.79 Å². The summed E-state index contributed by atoms with van der Waals surface area (Å²) in [4.78, 5) is 15.2. The zero-order valence-corrected chi connectivity index (χ0v) is 12.1. The summed E-state index contributed by atoms with van der Waals surface area (Å²) in [5.41, 5.74) is 3.05. The van der Waals surface area contributed by atoms with Crippen molar-refractivity contribution in [3.05, 3.63) is 41.7 Å². The number of rotatable bonds is 5. The molecule has 0 aliphatic rings. The molecule has 0 atom stereocenters. The molecule has 1 heterocycles. The number of carboxylic acid groups (broad SMARTS) is 1. The Bertz CT molecular complexity index is 597. The summed E-state index contributed by atoms with van der Waals surface area (Å²) in [6.45, 7) is 7.03. The van der Waals surface area contributed by atoms with Crippen molar-refractivity contribution in [2.24, 2.45) is 0 Å². The number of hydrogen-bond donors (Lipinski definition) is 1. The molecule has 0 saturated heterocycles. The molecule has 4 heteroatoms. The third-order valence-corrected chi connectivity index (χ3v) is 3.42. The fourth-order valence-corrected chi connectivity index (χ4v) is 2.31. The van der Waals surface area contributed by atoms with Crippen molar-refractivity contribution in [1.82, 2.24) is 9.55 Å². The van der Waals surface area contributed by atoms with E-state index in [1.807, 2.05) is 23.6 Å². The van der Waals surface area contributed by atoms with Gasteiger partial charge in [-0.15, -0.1) is 0 Å². The van der Waals surface area contributed by atoms with E-state index in [4.69, 9.17) is 5.11 Å². The number of carboxylic acids is 1. The number of imidazole rings is 1. The second-order valence-electron chi connectivity index (χ2n) is 5.16. The lowest BCUT2D eigenvalue weighted by atomic mass is 10.0. The molecule has 1 N–H and O–H groups in total. The minimum atomic E-state index is -0.832. The molecular formula is C16H20N2O2. The molecule has 0 radical (unpaired) electrons. The molecule has 0 aliphatic heterocycles. The van der Waals surface area contributed by atoms with Gasteiger partial charge in [-0.3, -0.25) is 4.79 Å². The molecule has 0 fully saturated rings. The molecular weight excluding hydrogens is 252 g/mol. The molecule has 2 aromatic rings. The SMILES string of the molecule is CCn1c(CC(=O)O)cnc1-c1ccc(C(C)C)cc1. The maximum Gasteiger partial charge on any atom is 0.309 e. The summed E-state index contributed by atoms with van der Waals surface area (Å²) in [7, 11) is 0. The lowest BCUT2D eigenvalue weighted by molar-refractivity contribution is -0.136. The topological polar surface area (TPSA) is 55.1 Å². The van der Waals surface area contributed by atoms with E-state index in [-0.39, 0.29) is 6.42 Å². The molecule has 0 aliphatic carbocycles. The molecule has 0 bridgehead atoms. The van der Waals surface area contributed by atoms with E-state index in [0.29, 0.717) is 12.5 Å². The monoisotopic (exact) mass is 272 g/mol. The normalized spacial score (nSPS) is 11.0. The molecule has 0 saturated carbocycles.